The van der Waals surface area contributed by atoms with Crippen LogP contribution < -0.4 is 10.8 Å². The molecule has 0 radical (unpaired) electrons. The molecule has 0 spiro atoms. The van der Waals surface area contributed by atoms with E-state index in [1.807, 2.05) is 0 Å². The van der Waals surface area contributed by atoms with Gasteiger partial charge in [0.25, 0.3) is 6.33 Å². The van der Waals surface area contributed by atoms with Crippen LogP contribution in [-0.4, -0.2) is 20.0 Å². The molecule has 78 valence electrons. The van der Waals surface area contributed by atoms with Crippen LogP contribution in [0, 0.1) is 20.2 Å². The highest BCUT2D eigenvalue weighted by Gasteiger charge is 2.05. The molecular weight excluding hydrogens is 200 g/mol. The second-order valence-electron chi connectivity index (χ2n) is 1.70. The number of quaternary nitrogens is 1. The molecule has 0 amide bonds. The zero-order valence-corrected chi connectivity index (χ0v) is 6.92. The zero-order chi connectivity index (χ0) is 9.84. The smallest absolute Gasteiger partial charge is 0.333 e. The van der Waals surface area contributed by atoms with Crippen LogP contribution in [0.4, 0.5) is 0 Å². The van der Waals surface area contributed by atoms with Crippen molar-refractivity contribution in [1.29, 1.82) is 0 Å². The maximum atomic E-state index is 9.82. The van der Waals surface area contributed by atoms with Gasteiger partial charge in [-0.05, 0) is 10.6 Å². The molecule has 0 saturated carbocycles. The standard InChI is InChI=1S/C2H2N7O4.H3N/c10-8(11)4-6-1-3-7(2-6)5-9(12)13;/h1-2H;1H3/q-1;/p+1. The Morgan fingerprint density at radius 1 is 1.36 bits per heavy atom. The normalized spacial score (nSPS) is 8.57. The first-order chi connectivity index (χ1) is 6.08. The summed E-state index contributed by atoms with van der Waals surface area (Å²) in [5, 5.41) is 20.9. The Hall–Kier alpha value is -2.50. The highest BCUT2D eigenvalue weighted by molar-refractivity contribution is 4.57. The van der Waals surface area contributed by atoms with Gasteiger partial charge in [0.15, 0.2) is 0 Å². The van der Waals surface area contributed by atoms with Crippen LogP contribution in [0.15, 0.2) is 12.7 Å². The van der Waals surface area contributed by atoms with Gasteiger partial charge < -0.3 is 26.4 Å². The lowest BCUT2D eigenvalue weighted by atomic mass is 11.2. The fraction of sp³-hybridized carbons (Fsp3) is 0. The summed E-state index contributed by atoms with van der Waals surface area (Å²) in [6.45, 7) is 0. The number of nitrogens with zero attached hydrogens (tertiary/aromatic N) is 7. The number of hydrogen-bond donors (Lipinski definition) is 1. The Morgan fingerprint density at radius 3 is 2.50 bits per heavy atom. The lowest BCUT2D eigenvalue weighted by Gasteiger charge is -2.07. The summed E-state index contributed by atoms with van der Waals surface area (Å²) in [6.07, 6.45) is 1.77. The zero-order valence-electron chi connectivity index (χ0n) is 6.92. The average molecular weight is 206 g/mol. The Labute approximate surface area is 75.9 Å². The van der Waals surface area contributed by atoms with E-state index in [1.54, 1.807) is 0 Å². The predicted octanol–water partition coefficient (Wildman–Crippen LogP) is -0.796. The minimum Gasteiger partial charge on any atom is -0.373 e. The molecule has 0 aliphatic rings. The molecule has 1 aromatic rings. The van der Waals surface area contributed by atoms with Crippen molar-refractivity contribution < 1.29 is 14.7 Å². The highest BCUT2D eigenvalue weighted by Crippen LogP contribution is 1.89. The van der Waals surface area contributed by atoms with Gasteiger partial charge in [0.1, 0.15) is 5.10 Å². The van der Waals surface area contributed by atoms with Crippen molar-refractivity contribution >= 4 is 0 Å². The molecule has 14 heavy (non-hydrogen) atoms. The highest BCUT2D eigenvalue weighted by atomic mass is 16.7. The molecule has 0 unspecified atom stereocenters. The number of hydrogen-bond acceptors (Lipinski definition) is 5. The summed E-state index contributed by atoms with van der Waals surface area (Å²) in [6, 6.07) is 0. The van der Waals surface area contributed by atoms with E-state index in [-0.39, 0.29) is 6.15 Å². The van der Waals surface area contributed by atoms with Crippen LogP contribution in [0.3, 0.4) is 0 Å². The Bertz CT molecular complexity index is 301. The molecule has 0 aromatic carbocycles. The predicted molar refractivity (Wildman–Crippen MR) is 39.9 cm³/mol. The van der Waals surface area contributed by atoms with Crippen LogP contribution in [0.5, 0.6) is 0 Å². The molecule has 1 heterocycles. The van der Waals surface area contributed by atoms with Crippen molar-refractivity contribution in [3.05, 3.63) is 44.0 Å². The second-order valence-corrected chi connectivity index (χ2v) is 1.70. The monoisotopic (exact) mass is 206 g/mol. The first-order valence-electron chi connectivity index (χ1n) is 2.76. The Kier molecular flexibility index (Phi) is 3.70. The van der Waals surface area contributed by atoms with Gasteiger partial charge in [0.2, 0.25) is 0 Å². The third kappa shape index (κ3) is 3.26. The maximum Gasteiger partial charge on any atom is 0.333 e. The van der Waals surface area contributed by atoms with Crippen molar-refractivity contribution in [2.24, 2.45) is 0 Å². The molecule has 0 fully saturated rings. The van der Waals surface area contributed by atoms with E-state index in [1.165, 1.54) is 0 Å². The van der Waals surface area contributed by atoms with Crippen LogP contribution in [-0.2, 0) is 0 Å². The molecule has 0 saturated heterocycles. The van der Waals surface area contributed by atoms with Crippen molar-refractivity contribution in [2.45, 2.75) is 0 Å². The van der Waals surface area contributed by atoms with E-state index in [4.69, 9.17) is 0 Å². The quantitative estimate of drug-likeness (QED) is 0.385. The first kappa shape index (κ1) is 11.5. The van der Waals surface area contributed by atoms with Crippen molar-refractivity contribution in [2.75, 3.05) is 0 Å². The van der Waals surface area contributed by atoms with Crippen LogP contribution in [0.25, 0.3) is 11.1 Å². The molecule has 4 N–H and O–H groups in total. The number of aromatic nitrogens is 3. The molecule has 1 rings (SSSR count). The molecule has 12 nitrogen and oxygen atoms in total. The largest absolute Gasteiger partial charge is 0.373 e. The van der Waals surface area contributed by atoms with Crippen molar-refractivity contribution in [1.82, 2.24) is 16.0 Å². The minimum absolute atomic E-state index is 0. The summed E-state index contributed by atoms with van der Waals surface area (Å²) >= 11 is 0. The molecule has 1 aromatic heterocycles. The van der Waals surface area contributed by atoms with Gasteiger partial charge in [-0.2, -0.15) is 0 Å². The second kappa shape index (κ2) is 4.51. The lowest BCUT2D eigenvalue weighted by Crippen LogP contribution is -2.29. The summed E-state index contributed by atoms with van der Waals surface area (Å²) < 4.78 is 0.674. The molecule has 12 heteroatoms. The summed E-state index contributed by atoms with van der Waals surface area (Å²) in [5.74, 6) is 0. The van der Waals surface area contributed by atoms with Crippen LogP contribution in [0.1, 0.15) is 0 Å². The summed E-state index contributed by atoms with van der Waals surface area (Å²) in [5.41, 5.74) is 5.47. The molecule has 0 atom stereocenters. The Morgan fingerprint density at radius 2 is 2.00 bits per heavy atom. The van der Waals surface area contributed by atoms with Gasteiger partial charge in [-0.1, -0.05) is 0 Å². The van der Waals surface area contributed by atoms with Gasteiger partial charge >= 0.3 is 6.33 Å². The number of rotatable bonds is 4. The van der Waals surface area contributed by atoms with E-state index < -0.39 is 10.1 Å². The van der Waals surface area contributed by atoms with E-state index in [0.717, 1.165) is 12.7 Å². The van der Waals surface area contributed by atoms with Crippen molar-refractivity contribution in [3.63, 3.8) is 0 Å². The molecule has 0 aliphatic carbocycles. The maximum absolute atomic E-state index is 9.82. The van der Waals surface area contributed by atoms with Gasteiger partial charge in [0, 0.05) is 4.79 Å². The van der Waals surface area contributed by atoms with E-state index >= 15 is 0 Å². The van der Waals surface area contributed by atoms with E-state index in [9.17, 15) is 20.2 Å². The molecular formula is C2H6N8O4. The van der Waals surface area contributed by atoms with Gasteiger partial charge in [-0.3, -0.25) is 5.53 Å². The topological polar surface area (TPSA) is 173 Å². The van der Waals surface area contributed by atoms with Gasteiger partial charge in [-0.25, -0.2) is 4.68 Å². The first-order valence-corrected chi connectivity index (χ1v) is 2.76. The van der Waals surface area contributed by atoms with Crippen LogP contribution in [0.2, 0.25) is 0 Å². The summed E-state index contributed by atoms with van der Waals surface area (Å²) in [7, 11) is 0. The van der Waals surface area contributed by atoms with Crippen LogP contribution >= 0.6 is 0 Å². The minimum atomic E-state index is -0.997. The number of nitro groups is 2. The van der Waals surface area contributed by atoms with E-state index in [0.29, 0.717) is 9.47 Å². The third-order valence-electron chi connectivity index (χ3n) is 0.851. The fourth-order valence-electron chi connectivity index (χ4n) is 0.523. The Balaban J connectivity index is 0.00000169. The average Bonchev–Trinajstić information content (AvgIpc) is 2.33. The SMILES string of the molecule is O=[N+]([O-])[N-]n1c[n+]([N-][N+](=O)[O-])cn1.[NH4+]. The third-order valence-corrected chi connectivity index (χ3v) is 0.851. The van der Waals surface area contributed by atoms with Gasteiger partial charge in [-0.15, -0.1) is 5.03 Å². The van der Waals surface area contributed by atoms with E-state index in [2.05, 4.69) is 16.2 Å². The van der Waals surface area contributed by atoms with Gasteiger partial charge in [0.05, 0.1) is 0 Å². The van der Waals surface area contributed by atoms with Crippen molar-refractivity contribution in [3.8, 4) is 0 Å². The fourth-order valence-corrected chi connectivity index (χ4v) is 0.523. The summed E-state index contributed by atoms with van der Waals surface area (Å²) in [4.78, 5) is 20.2. The molecule has 0 aliphatic heterocycles. The lowest BCUT2D eigenvalue weighted by molar-refractivity contribution is -0.738. The molecule has 0 bridgehead atoms.